The smallest absolute Gasteiger partial charge is 0.392 e. The van der Waals surface area contributed by atoms with Crippen molar-refractivity contribution >= 4 is 0 Å². The Labute approximate surface area is 124 Å². The SMILES string of the molecule is COCCc1nc(-c2ccc(C(F)(F)F)nc2)ncc1CO. The van der Waals surface area contributed by atoms with Crippen LogP contribution in [0, 0.1) is 0 Å². The number of ether oxygens (including phenoxy) is 1. The lowest BCUT2D eigenvalue weighted by Gasteiger charge is -2.09. The van der Waals surface area contributed by atoms with Gasteiger partial charge in [-0.25, -0.2) is 9.97 Å². The van der Waals surface area contributed by atoms with E-state index in [0.717, 1.165) is 12.3 Å². The van der Waals surface area contributed by atoms with E-state index in [2.05, 4.69) is 15.0 Å². The summed E-state index contributed by atoms with van der Waals surface area (Å²) in [7, 11) is 1.54. The Hall–Kier alpha value is -2.06. The number of aliphatic hydroxyl groups is 1. The Balaban J connectivity index is 2.32. The summed E-state index contributed by atoms with van der Waals surface area (Å²) >= 11 is 0. The van der Waals surface area contributed by atoms with Crippen molar-refractivity contribution < 1.29 is 23.0 Å². The number of rotatable bonds is 5. The molecule has 2 rings (SSSR count). The van der Waals surface area contributed by atoms with Crippen LogP contribution in [0.2, 0.25) is 0 Å². The van der Waals surface area contributed by atoms with Crippen LogP contribution >= 0.6 is 0 Å². The number of pyridine rings is 1. The number of hydrogen-bond acceptors (Lipinski definition) is 5. The van der Waals surface area contributed by atoms with Crippen LogP contribution in [0.5, 0.6) is 0 Å². The van der Waals surface area contributed by atoms with Crippen molar-refractivity contribution in [1.82, 2.24) is 15.0 Å². The molecule has 0 atom stereocenters. The van der Waals surface area contributed by atoms with E-state index in [1.165, 1.54) is 12.3 Å². The molecule has 0 fully saturated rings. The fraction of sp³-hybridized carbons (Fsp3) is 0.357. The summed E-state index contributed by atoms with van der Waals surface area (Å²) in [4.78, 5) is 11.7. The fourth-order valence-corrected chi connectivity index (χ4v) is 1.82. The number of hydrogen-bond donors (Lipinski definition) is 1. The second kappa shape index (κ2) is 6.80. The first-order valence-electron chi connectivity index (χ1n) is 6.44. The zero-order chi connectivity index (χ0) is 16.2. The average molecular weight is 313 g/mol. The highest BCUT2D eigenvalue weighted by Gasteiger charge is 2.32. The summed E-state index contributed by atoms with van der Waals surface area (Å²) < 4.78 is 42.4. The third-order valence-electron chi connectivity index (χ3n) is 2.98. The summed E-state index contributed by atoms with van der Waals surface area (Å²) in [5.41, 5.74) is 0.550. The van der Waals surface area contributed by atoms with Crippen LogP contribution in [-0.4, -0.2) is 33.8 Å². The molecule has 2 aromatic heterocycles. The standard InChI is InChI=1S/C14H14F3N3O2/c1-22-5-4-11-10(8-21)7-19-13(20-11)9-2-3-12(18-6-9)14(15,16)17/h2-3,6-7,21H,4-5,8H2,1H3. The van der Waals surface area contributed by atoms with E-state index in [1.807, 2.05) is 0 Å². The van der Waals surface area contributed by atoms with Gasteiger partial charge in [-0.05, 0) is 12.1 Å². The molecule has 8 heteroatoms. The van der Waals surface area contributed by atoms with Crippen molar-refractivity contribution in [3.8, 4) is 11.4 Å². The molecule has 0 aromatic carbocycles. The minimum Gasteiger partial charge on any atom is -0.392 e. The molecule has 1 N–H and O–H groups in total. The van der Waals surface area contributed by atoms with Gasteiger partial charge in [-0.3, -0.25) is 4.98 Å². The van der Waals surface area contributed by atoms with Gasteiger partial charge < -0.3 is 9.84 Å². The Morgan fingerprint density at radius 2 is 1.95 bits per heavy atom. The van der Waals surface area contributed by atoms with Gasteiger partial charge in [0.15, 0.2) is 5.82 Å². The fourth-order valence-electron chi connectivity index (χ4n) is 1.82. The average Bonchev–Trinajstić information content (AvgIpc) is 2.52. The van der Waals surface area contributed by atoms with Gasteiger partial charge in [0, 0.05) is 37.1 Å². The Bertz CT molecular complexity index is 630. The summed E-state index contributed by atoms with van der Waals surface area (Å²) in [6, 6.07) is 2.15. The number of aliphatic hydroxyl groups excluding tert-OH is 1. The van der Waals surface area contributed by atoms with Gasteiger partial charge in [0.1, 0.15) is 5.69 Å². The van der Waals surface area contributed by atoms with E-state index < -0.39 is 11.9 Å². The predicted octanol–water partition coefficient (Wildman–Crippen LogP) is 2.24. The van der Waals surface area contributed by atoms with E-state index >= 15 is 0 Å². The lowest BCUT2D eigenvalue weighted by Crippen LogP contribution is -2.08. The van der Waals surface area contributed by atoms with Crippen LogP contribution in [0.4, 0.5) is 13.2 Å². The van der Waals surface area contributed by atoms with E-state index in [0.29, 0.717) is 29.8 Å². The number of halogens is 3. The van der Waals surface area contributed by atoms with Crippen molar-refractivity contribution in [2.75, 3.05) is 13.7 Å². The van der Waals surface area contributed by atoms with Crippen LogP contribution in [0.15, 0.2) is 24.5 Å². The van der Waals surface area contributed by atoms with Gasteiger partial charge in [-0.15, -0.1) is 0 Å². The molecule has 0 saturated carbocycles. The molecule has 0 aliphatic heterocycles. The van der Waals surface area contributed by atoms with Crippen LogP contribution < -0.4 is 0 Å². The maximum atomic E-state index is 12.5. The van der Waals surface area contributed by atoms with Gasteiger partial charge in [-0.2, -0.15) is 13.2 Å². The Morgan fingerprint density at radius 3 is 2.50 bits per heavy atom. The lowest BCUT2D eigenvalue weighted by molar-refractivity contribution is -0.141. The third kappa shape index (κ3) is 3.77. The van der Waals surface area contributed by atoms with Crippen LogP contribution in [0.3, 0.4) is 0 Å². The predicted molar refractivity (Wildman–Crippen MR) is 71.8 cm³/mol. The minimum absolute atomic E-state index is 0.218. The molecular formula is C14H14F3N3O2. The zero-order valence-electron chi connectivity index (χ0n) is 11.8. The highest BCUT2D eigenvalue weighted by Crippen LogP contribution is 2.28. The van der Waals surface area contributed by atoms with Crippen molar-refractivity contribution in [3.63, 3.8) is 0 Å². The lowest BCUT2D eigenvalue weighted by atomic mass is 10.1. The highest BCUT2D eigenvalue weighted by molar-refractivity contribution is 5.53. The van der Waals surface area contributed by atoms with E-state index in [4.69, 9.17) is 4.74 Å². The highest BCUT2D eigenvalue weighted by atomic mass is 19.4. The molecule has 118 valence electrons. The van der Waals surface area contributed by atoms with Crippen molar-refractivity contribution in [2.45, 2.75) is 19.2 Å². The third-order valence-corrected chi connectivity index (χ3v) is 2.98. The summed E-state index contributed by atoms with van der Waals surface area (Å²) in [5, 5.41) is 9.25. The summed E-state index contributed by atoms with van der Waals surface area (Å²) in [5.74, 6) is 0.254. The summed E-state index contributed by atoms with van der Waals surface area (Å²) in [6.07, 6.45) is -1.48. The second-order valence-corrected chi connectivity index (χ2v) is 4.50. The largest absolute Gasteiger partial charge is 0.433 e. The molecule has 0 aliphatic carbocycles. The van der Waals surface area contributed by atoms with Crippen molar-refractivity contribution in [1.29, 1.82) is 0 Å². The van der Waals surface area contributed by atoms with Gasteiger partial charge >= 0.3 is 6.18 Å². The van der Waals surface area contributed by atoms with Gasteiger partial charge in [0.25, 0.3) is 0 Å². The van der Waals surface area contributed by atoms with Gasteiger partial charge in [0.05, 0.1) is 18.9 Å². The van der Waals surface area contributed by atoms with Crippen LogP contribution in [0.25, 0.3) is 11.4 Å². The molecule has 0 bridgehead atoms. The van der Waals surface area contributed by atoms with Gasteiger partial charge in [-0.1, -0.05) is 0 Å². The first-order chi connectivity index (χ1) is 10.5. The molecule has 0 radical (unpaired) electrons. The zero-order valence-corrected chi connectivity index (χ0v) is 11.8. The summed E-state index contributed by atoms with van der Waals surface area (Å²) in [6.45, 7) is 0.194. The minimum atomic E-state index is -4.48. The maximum absolute atomic E-state index is 12.5. The topological polar surface area (TPSA) is 68.1 Å². The Morgan fingerprint density at radius 1 is 1.18 bits per heavy atom. The molecule has 2 aromatic rings. The number of nitrogens with zero attached hydrogens (tertiary/aromatic N) is 3. The molecule has 0 saturated heterocycles. The normalized spacial score (nSPS) is 11.7. The van der Waals surface area contributed by atoms with E-state index in [1.54, 1.807) is 7.11 Å². The first-order valence-corrected chi connectivity index (χ1v) is 6.44. The quantitative estimate of drug-likeness (QED) is 0.917. The number of methoxy groups -OCH3 is 1. The van der Waals surface area contributed by atoms with Crippen molar-refractivity contribution in [2.24, 2.45) is 0 Å². The maximum Gasteiger partial charge on any atom is 0.433 e. The van der Waals surface area contributed by atoms with E-state index in [-0.39, 0.29) is 12.4 Å². The molecule has 2 heterocycles. The number of aromatic nitrogens is 3. The van der Waals surface area contributed by atoms with Crippen molar-refractivity contribution in [3.05, 3.63) is 41.5 Å². The molecule has 22 heavy (non-hydrogen) atoms. The second-order valence-electron chi connectivity index (χ2n) is 4.50. The van der Waals surface area contributed by atoms with Crippen LogP contribution in [-0.2, 0) is 23.9 Å². The molecule has 0 amide bonds. The molecule has 0 spiro atoms. The van der Waals surface area contributed by atoms with Gasteiger partial charge in [0.2, 0.25) is 0 Å². The monoisotopic (exact) mass is 313 g/mol. The first kappa shape index (κ1) is 16.3. The molecule has 0 unspecified atom stereocenters. The van der Waals surface area contributed by atoms with E-state index in [9.17, 15) is 18.3 Å². The number of alkyl halides is 3. The Kier molecular flexibility index (Phi) is 5.04. The molecule has 5 nitrogen and oxygen atoms in total. The molecular weight excluding hydrogens is 299 g/mol. The van der Waals surface area contributed by atoms with Crippen LogP contribution in [0.1, 0.15) is 17.0 Å². The molecule has 0 aliphatic rings.